The van der Waals surface area contributed by atoms with Crippen LogP contribution in [0.4, 0.5) is 11.5 Å². The lowest BCUT2D eigenvalue weighted by Crippen LogP contribution is -2.13. The van der Waals surface area contributed by atoms with Gasteiger partial charge in [-0.05, 0) is 63.3 Å². The summed E-state index contributed by atoms with van der Waals surface area (Å²) in [5.41, 5.74) is 3.20. The van der Waals surface area contributed by atoms with Crippen LogP contribution in [0.5, 0.6) is 0 Å². The van der Waals surface area contributed by atoms with Crippen molar-refractivity contribution in [2.45, 2.75) is 39.0 Å². The molecule has 0 fully saturated rings. The van der Waals surface area contributed by atoms with E-state index in [1.165, 1.54) is 38.2 Å². The molecule has 140 valence electrons. The first-order valence-corrected chi connectivity index (χ1v) is 9.42. The van der Waals surface area contributed by atoms with Crippen molar-refractivity contribution in [1.82, 2.24) is 4.98 Å². The van der Waals surface area contributed by atoms with E-state index in [0.29, 0.717) is 22.6 Å². The predicted molar refractivity (Wildman–Crippen MR) is 108 cm³/mol. The van der Waals surface area contributed by atoms with Crippen LogP contribution in [0.25, 0.3) is 0 Å². The molecule has 2 N–H and O–H groups in total. The normalized spacial score (nSPS) is 13.6. The Morgan fingerprint density at radius 3 is 2.78 bits per heavy atom. The van der Waals surface area contributed by atoms with E-state index >= 15 is 0 Å². The number of allylic oxidation sites excluding steroid dienone is 1. The molecule has 1 aliphatic carbocycles. The third-order valence-electron chi connectivity index (χ3n) is 4.69. The molecule has 0 atom stereocenters. The van der Waals surface area contributed by atoms with Crippen LogP contribution in [0.2, 0.25) is 0 Å². The summed E-state index contributed by atoms with van der Waals surface area (Å²) in [5, 5.41) is 6.13. The molecule has 1 aromatic carbocycles. The van der Waals surface area contributed by atoms with Crippen molar-refractivity contribution in [2.75, 3.05) is 17.2 Å². The van der Waals surface area contributed by atoms with E-state index in [4.69, 9.17) is 0 Å². The van der Waals surface area contributed by atoms with Crippen molar-refractivity contribution in [2.24, 2.45) is 0 Å². The number of hydrogen-bond donors (Lipinski definition) is 2. The van der Waals surface area contributed by atoms with Crippen LogP contribution in [0, 0.1) is 0 Å². The highest BCUT2D eigenvalue weighted by Crippen LogP contribution is 2.20. The maximum atomic E-state index is 12.5. The molecule has 3 rings (SSSR count). The summed E-state index contributed by atoms with van der Waals surface area (Å²) in [4.78, 5) is 28.3. The molecule has 1 amide bonds. The third kappa shape index (κ3) is 5.51. The maximum absolute atomic E-state index is 12.5. The van der Waals surface area contributed by atoms with Gasteiger partial charge in [0.2, 0.25) is 0 Å². The second-order valence-corrected chi connectivity index (χ2v) is 6.81. The Bertz CT molecular complexity index is 858. The Labute approximate surface area is 159 Å². The number of benzene rings is 1. The lowest BCUT2D eigenvalue weighted by atomic mass is 9.97. The van der Waals surface area contributed by atoms with Crippen molar-refractivity contribution in [3.8, 4) is 0 Å². The Morgan fingerprint density at radius 1 is 1.11 bits per heavy atom. The molecule has 1 heterocycles. The number of aromatic nitrogens is 1. The van der Waals surface area contributed by atoms with Crippen molar-refractivity contribution in [3.63, 3.8) is 0 Å². The number of Topliss-reactive ketones (excluding diaryl/α,β-unsaturated/α-hetero) is 1. The predicted octanol–water partition coefficient (Wildman–Crippen LogP) is 4.84. The summed E-state index contributed by atoms with van der Waals surface area (Å²) in [5.74, 6) is 0.433. The number of ketones is 1. The fourth-order valence-electron chi connectivity index (χ4n) is 3.17. The van der Waals surface area contributed by atoms with E-state index in [2.05, 4.69) is 21.7 Å². The first-order chi connectivity index (χ1) is 13.1. The van der Waals surface area contributed by atoms with E-state index in [9.17, 15) is 9.59 Å². The maximum Gasteiger partial charge on any atom is 0.255 e. The van der Waals surface area contributed by atoms with Gasteiger partial charge in [-0.25, -0.2) is 4.98 Å². The monoisotopic (exact) mass is 363 g/mol. The largest absolute Gasteiger partial charge is 0.370 e. The van der Waals surface area contributed by atoms with Gasteiger partial charge >= 0.3 is 0 Å². The van der Waals surface area contributed by atoms with Crippen molar-refractivity contribution < 1.29 is 9.59 Å². The average Bonchev–Trinajstić information content (AvgIpc) is 2.69. The van der Waals surface area contributed by atoms with E-state index in [-0.39, 0.29) is 11.7 Å². The van der Waals surface area contributed by atoms with Gasteiger partial charge in [0.25, 0.3) is 5.91 Å². The Morgan fingerprint density at radius 2 is 2.00 bits per heavy atom. The molecule has 0 saturated heterocycles. The van der Waals surface area contributed by atoms with E-state index < -0.39 is 0 Å². The van der Waals surface area contributed by atoms with Gasteiger partial charge < -0.3 is 10.6 Å². The fourth-order valence-corrected chi connectivity index (χ4v) is 3.17. The van der Waals surface area contributed by atoms with E-state index in [0.717, 1.165) is 13.0 Å². The number of carbonyl (C=O) groups excluding carboxylic acids is 2. The second kappa shape index (κ2) is 9.12. The summed E-state index contributed by atoms with van der Waals surface area (Å²) in [7, 11) is 0. The highest BCUT2D eigenvalue weighted by Gasteiger charge is 2.09. The molecular formula is C22H25N3O2. The number of rotatable bonds is 7. The minimum atomic E-state index is -0.226. The first-order valence-electron chi connectivity index (χ1n) is 9.42. The minimum absolute atomic E-state index is 0.0328. The number of amides is 1. The van der Waals surface area contributed by atoms with Crippen LogP contribution in [-0.2, 0) is 0 Å². The number of nitrogens with zero attached hydrogens (tertiary/aromatic N) is 1. The van der Waals surface area contributed by atoms with Crippen LogP contribution in [0.3, 0.4) is 0 Å². The smallest absolute Gasteiger partial charge is 0.255 e. The highest BCUT2D eigenvalue weighted by atomic mass is 16.1. The molecule has 0 bridgehead atoms. The number of hydrogen-bond acceptors (Lipinski definition) is 4. The summed E-state index contributed by atoms with van der Waals surface area (Å²) in [6.07, 6.45) is 9.94. The quantitative estimate of drug-likeness (QED) is 0.545. The zero-order valence-corrected chi connectivity index (χ0v) is 15.6. The van der Waals surface area contributed by atoms with Crippen LogP contribution in [0.1, 0.15) is 59.7 Å². The lowest BCUT2D eigenvalue weighted by molar-refractivity contribution is 0.101. The number of anilines is 2. The summed E-state index contributed by atoms with van der Waals surface area (Å²) in [6, 6.07) is 10.4. The van der Waals surface area contributed by atoms with Gasteiger partial charge in [-0.1, -0.05) is 23.8 Å². The molecular weight excluding hydrogens is 338 g/mol. The van der Waals surface area contributed by atoms with Crippen molar-refractivity contribution >= 4 is 23.2 Å². The molecule has 5 nitrogen and oxygen atoms in total. The van der Waals surface area contributed by atoms with Gasteiger partial charge in [0.15, 0.2) is 5.78 Å². The molecule has 0 spiro atoms. The molecule has 2 aromatic rings. The van der Waals surface area contributed by atoms with Gasteiger partial charge in [-0.2, -0.15) is 0 Å². The SMILES string of the molecule is CC(=O)c1cccc(NC(=O)c2ccnc(NCCC3=CCCCC3)c2)c1. The molecule has 5 heteroatoms. The van der Waals surface area contributed by atoms with Crippen LogP contribution in [0.15, 0.2) is 54.2 Å². The van der Waals surface area contributed by atoms with E-state index in [1.807, 2.05) is 0 Å². The summed E-state index contributed by atoms with van der Waals surface area (Å²) >= 11 is 0. The zero-order chi connectivity index (χ0) is 19.1. The standard InChI is InChI=1S/C22H25N3O2/c1-16(26)18-8-5-9-20(14-18)25-22(27)19-11-13-24-21(15-19)23-12-10-17-6-3-2-4-7-17/h5-6,8-9,11,13-15H,2-4,7,10,12H2,1H3,(H,23,24)(H,25,27). The van der Waals surface area contributed by atoms with Crippen LogP contribution >= 0.6 is 0 Å². The summed E-state index contributed by atoms with van der Waals surface area (Å²) < 4.78 is 0. The van der Waals surface area contributed by atoms with Crippen LogP contribution in [-0.4, -0.2) is 23.2 Å². The molecule has 0 unspecified atom stereocenters. The van der Waals surface area contributed by atoms with Crippen LogP contribution < -0.4 is 10.6 Å². The molecule has 0 aliphatic heterocycles. The van der Waals surface area contributed by atoms with Crippen molar-refractivity contribution in [3.05, 3.63) is 65.4 Å². The zero-order valence-electron chi connectivity index (χ0n) is 15.6. The lowest BCUT2D eigenvalue weighted by Gasteiger charge is -2.13. The van der Waals surface area contributed by atoms with Gasteiger partial charge in [0, 0.05) is 29.6 Å². The molecule has 0 saturated carbocycles. The average molecular weight is 363 g/mol. The molecule has 27 heavy (non-hydrogen) atoms. The molecule has 1 aliphatic rings. The van der Waals surface area contributed by atoms with Crippen molar-refractivity contribution in [1.29, 1.82) is 0 Å². The van der Waals surface area contributed by atoms with Gasteiger partial charge in [0.05, 0.1) is 0 Å². The fraction of sp³-hybridized carbons (Fsp3) is 0.318. The van der Waals surface area contributed by atoms with Gasteiger partial charge in [-0.3, -0.25) is 9.59 Å². The number of carbonyl (C=O) groups is 2. The van der Waals surface area contributed by atoms with Gasteiger partial charge in [0.1, 0.15) is 5.82 Å². The Hall–Kier alpha value is -2.95. The topological polar surface area (TPSA) is 71.1 Å². The number of pyridine rings is 1. The molecule has 1 aromatic heterocycles. The highest BCUT2D eigenvalue weighted by molar-refractivity contribution is 6.05. The van der Waals surface area contributed by atoms with E-state index in [1.54, 1.807) is 42.6 Å². The van der Waals surface area contributed by atoms with Gasteiger partial charge in [-0.15, -0.1) is 0 Å². The summed E-state index contributed by atoms with van der Waals surface area (Å²) in [6.45, 7) is 2.32. The number of nitrogens with one attached hydrogen (secondary N) is 2. The Balaban J connectivity index is 1.59. The Kier molecular flexibility index (Phi) is 6.36. The molecule has 0 radical (unpaired) electrons. The third-order valence-corrected chi connectivity index (χ3v) is 4.69. The first kappa shape index (κ1) is 18.8. The minimum Gasteiger partial charge on any atom is -0.370 e. The second-order valence-electron chi connectivity index (χ2n) is 6.81.